The first-order chi connectivity index (χ1) is 15.5. The van der Waals surface area contributed by atoms with Crippen LogP contribution in [0, 0.1) is 12.3 Å². The Labute approximate surface area is 192 Å². The fraction of sp³-hybridized carbons (Fsp3) is 0.714. The van der Waals surface area contributed by atoms with Gasteiger partial charge in [-0.2, -0.15) is 0 Å². The van der Waals surface area contributed by atoms with E-state index >= 15 is 0 Å². The Kier molecular flexibility index (Phi) is 12.4. The lowest BCUT2D eigenvalue weighted by Gasteiger charge is -2.44. The summed E-state index contributed by atoms with van der Waals surface area (Å²) in [5.74, 6) is -0.495. The smallest absolute Gasteiger partial charge is 0.303 e. The van der Waals surface area contributed by atoms with E-state index in [1.54, 1.807) is 6.92 Å². The molecule has 0 bridgehead atoms. The second-order valence-corrected chi connectivity index (χ2v) is 6.90. The Bertz CT molecular complexity index is 715. The van der Waals surface area contributed by atoms with Crippen LogP contribution in [-0.4, -0.2) is 87.3 Å². The van der Waals surface area contributed by atoms with Crippen molar-refractivity contribution in [3.8, 4) is 12.3 Å². The molecule has 1 heterocycles. The average Bonchev–Trinajstić information content (AvgIpc) is 2.69. The summed E-state index contributed by atoms with van der Waals surface area (Å²) in [6.07, 6.45) is -2.13. The molecule has 0 N–H and O–H groups in total. The normalized spacial score (nSPS) is 25.3. The van der Waals surface area contributed by atoms with Crippen molar-refractivity contribution < 1.29 is 57.1 Å². The molecule has 33 heavy (non-hydrogen) atoms. The van der Waals surface area contributed by atoms with E-state index in [2.05, 4.69) is 5.92 Å². The highest BCUT2D eigenvalue weighted by Crippen LogP contribution is 2.30. The topological polar surface area (TPSA) is 142 Å². The Hall–Kier alpha value is -2.72. The number of esters is 4. The molecule has 186 valence electrons. The molecule has 1 aliphatic heterocycles. The van der Waals surface area contributed by atoms with Gasteiger partial charge in [-0.15, -0.1) is 6.42 Å². The first kappa shape index (κ1) is 28.3. The van der Waals surface area contributed by atoms with Gasteiger partial charge in [-0.1, -0.05) is 5.92 Å². The van der Waals surface area contributed by atoms with Gasteiger partial charge in [0.05, 0.1) is 13.2 Å². The lowest BCUT2D eigenvalue weighted by molar-refractivity contribution is -0.337. The second-order valence-electron chi connectivity index (χ2n) is 6.90. The van der Waals surface area contributed by atoms with E-state index in [4.69, 9.17) is 44.3 Å². The number of terminal acetylenes is 1. The standard InChI is InChI=1S/C21H30O12/c1-7-8-26-9-10-27-16(6)32-21-20(31-15(5)25)19(30-14(4)24)18(29-13(3)23)17(33-21)11-28-12(2)22/h1,16-21H,8-11H2,2-6H3/t16?,17-,18-,19+,20+,21+/m1/s1. The van der Waals surface area contributed by atoms with Gasteiger partial charge >= 0.3 is 23.9 Å². The van der Waals surface area contributed by atoms with E-state index in [0.717, 1.165) is 20.8 Å². The lowest BCUT2D eigenvalue weighted by atomic mass is 9.98. The quantitative estimate of drug-likeness (QED) is 0.124. The summed E-state index contributed by atoms with van der Waals surface area (Å²) in [5, 5.41) is 0. The maximum atomic E-state index is 11.8. The van der Waals surface area contributed by atoms with Crippen LogP contribution in [0.25, 0.3) is 0 Å². The summed E-state index contributed by atoms with van der Waals surface area (Å²) in [6.45, 7) is 6.24. The average molecular weight is 474 g/mol. The first-order valence-corrected chi connectivity index (χ1v) is 10.1. The van der Waals surface area contributed by atoms with E-state index in [9.17, 15) is 19.2 Å². The van der Waals surface area contributed by atoms with Gasteiger partial charge in [-0.05, 0) is 6.92 Å². The van der Waals surface area contributed by atoms with Crippen LogP contribution in [-0.2, 0) is 57.1 Å². The molecule has 0 aromatic heterocycles. The number of hydrogen-bond acceptors (Lipinski definition) is 12. The van der Waals surface area contributed by atoms with Crippen molar-refractivity contribution in [3.05, 3.63) is 0 Å². The molecule has 1 fully saturated rings. The molecule has 1 rings (SSSR count). The molecule has 1 saturated heterocycles. The van der Waals surface area contributed by atoms with Crippen LogP contribution in [0.1, 0.15) is 34.6 Å². The number of carbonyl (C=O) groups is 4. The fourth-order valence-electron chi connectivity index (χ4n) is 2.93. The second kappa shape index (κ2) is 14.4. The van der Waals surface area contributed by atoms with Crippen molar-refractivity contribution in [2.45, 2.75) is 71.6 Å². The van der Waals surface area contributed by atoms with Gasteiger partial charge in [-0.25, -0.2) is 0 Å². The van der Waals surface area contributed by atoms with E-state index in [1.165, 1.54) is 6.92 Å². The Morgan fingerprint density at radius 3 is 2.00 bits per heavy atom. The molecule has 0 aliphatic carbocycles. The van der Waals surface area contributed by atoms with Crippen molar-refractivity contribution in [2.24, 2.45) is 0 Å². The zero-order chi connectivity index (χ0) is 25.0. The molecule has 0 spiro atoms. The van der Waals surface area contributed by atoms with Crippen molar-refractivity contribution in [2.75, 3.05) is 26.4 Å². The van der Waals surface area contributed by atoms with E-state index in [0.29, 0.717) is 0 Å². The highest BCUT2D eigenvalue weighted by molar-refractivity contribution is 5.68. The third kappa shape index (κ3) is 10.6. The Morgan fingerprint density at radius 1 is 0.879 bits per heavy atom. The van der Waals surface area contributed by atoms with Crippen LogP contribution >= 0.6 is 0 Å². The maximum absolute atomic E-state index is 11.8. The molecule has 6 atom stereocenters. The SMILES string of the molecule is C#CCOCCOC(C)O[C@H]1O[C@H](COC(C)=O)[C@@H](OC(C)=O)[C@H](OC(C)=O)[C@@H]1OC(C)=O. The van der Waals surface area contributed by atoms with Gasteiger partial charge in [0.25, 0.3) is 0 Å². The van der Waals surface area contributed by atoms with Gasteiger partial charge in [-0.3, -0.25) is 19.2 Å². The van der Waals surface area contributed by atoms with Crippen LogP contribution in [0.4, 0.5) is 0 Å². The fourth-order valence-corrected chi connectivity index (χ4v) is 2.93. The molecule has 1 aliphatic rings. The summed E-state index contributed by atoms with van der Waals surface area (Å²) in [4.78, 5) is 46.6. The number of hydrogen-bond donors (Lipinski definition) is 0. The zero-order valence-electron chi connectivity index (χ0n) is 19.3. The predicted octanol–water partition coefficient (Wildman–Crippen LogP) is 0.0985. The van der Waals surface area contributed by atoms with Gasteiger partial charge in [0.2, 0.25) is 6.29 Å². The zero-order valence-corrected chi connectivity index (χ0v) is 19.3. The molecule has 0 aromatic carbocycles. The van der Waals surface area contributed by atoms with Crippen molar-refractivity contribution in [1.82, 2.24) is 0 Å². The minimum atomic E-state index is -1.33. The highest BCUT2D eigenvalue weighted by atomic mass is 16.8. The van der Waals surface area contributed by atoms with Crippen LogP contribution < -0.4 is 0 Å². The van der Waals surface area contributed by atoms with Crippen molar-refractivity contribution in [1.29, 1.82) is 0 Å². The third-order valence-corrected chi connectivity index (χ3v) is 4.04. The number of carbonyl (C=O) groups excluding carboxylic acids is 4. The van der Waals surface area contributed by atoms with Crippen LogP contribution in [0.2, 0.25) is 0 Å². The highest BCUT2D eigenvalue weighted by Gasteiger charge is 2.53. The molecular formula is C21H30O12. The first-order valence-electron chi connectivity index (χ1n) is 10.1. The van der Waals surface area contributed by atoms with Crippen molar-refractivity contribution >= 4 is 23.9 Å². The van der Waals surface area contributed by atoms with Crippen LogP contribution in [0.3, 0.4) is 0 Å². The van der Waals surface area contributed by atoms with Crippen LogP contribution in [0.5, 0.6) is 0 Å². The van der Waals surface area contributed by atoms with E-state index in [-0.39, 0.29) is 26.4 Å². The summed E-state index contributed by atoms with van der Waals surface area (Å²) in [5.41, 5.74) is 0. The summed E-state index contributed by atoms with van der Waals surface area (Å²) < 4.78 is 43.0. The lowest BCUT2D eigenvalue weighted by Crippen LogP contribution is -2.63. The molecule has 0 aromatic rings. The van der Waals surface area contributed by atoms with Gasteiger partial charge in [0.15, 0.2) is 24.6 Å². The monoisotopic (exact) mass is 474 g/mol. The third-order valence-electron chi connectivity index (χ3n) is 4.04. The molecule has 0 radical (unpaired) electrons. The van der Waals surface area contributed by atoms with E-state index < -0.39 is 60.9 Å². The van der Waals surface area contributed by atoms with Crippen LogP contribution in [0.15, 0.2) is 0 Å². The summed E-state index contributed by atoms with van der Waals surface area (Å²) >= 11 is 0. The Balaban J connectivity index is 3.12. The maximum Gasteiger partial charge on any atom is 0.303 e. The number of ether oxygens (including phenoxy) is 8. The largest absolute Gasteiger partial charge is 0.463 e. The minimum Gasteiger partial charge on any atom is -0.463 e. The van der Waals surface area contributed by atoms with Gasteiger partial charge < -0.3 is 37.9 Å². The minimum absolute atomic E-state index is 0.123. The number of rotatable bonds is 12. The Morgan fingerprint density at radius 2 is 1.45 bits per heavy atom. The molecular weight excluding hydrogens is 444 g/mol. The predicted molar refractivity (Wildman–Crippen MR) is 108 cm³/mol. The summed E-state index contributed by atoms with van der Waals surface area (Å²) in [7, 11) is 0. The molecule has 12 nitrogen and oxygen atoms in total. The molecule has 0 amide bonds. The summed E-state index contributed by atoms with van der Waals surface area (Å²) in [6, 6.07) is 0. The van der Waals surface area contributed by atoms with Gasteiger partial charge in [0.1, 0.15) is 19.3 Å². The van der Waals surface area contributed by atoms with Crippen molar-refractivity contribution in [3.63, 3.8) is 0 Å². The molecule has 0 saturated carbocycles. The van der Waals surface area contributed by atoms with E-state index in [1.807, 2.05) is 0 Å². The molecule has 12 heteroatoms. The van der Waals surface area contributed by atoms with Gasteiger partial charge in [0, 0.05) is 27.7 Å². The molecule has 1 unspecified atom stereocenters.